The largest absolute Gasteiger partial charge is 0.494 e. The number of aliphatic hydroxyl groups is 1. The molecule has 1 aromatic rings. The molecule has 0 heterocycles. The van der Waals surface area contributed by atoms with Gasteiger partial charge in [-0.2, -0.15) is 0 Å². The number of hydrogen-bond donors (Lipinski definition) is 2. The molecule has 0 saturated carbocycles. The van der Waals surface area contributed by atoms with Crippen LogP contribution in [0.25, 0.3) is 0 Å². The van der Waals surface area contributed by atoms with E-state index in [1.165, 1.54) is 17.5 Å². The Morgan fingerprint density at radius 3 is 3.00 bits per heavy atom. The molecular formula is C15H23NO2. The van der Waals surface area contributed by atoms with Gasteiger partial charge in [0.25, 0.3) is 0 Å². The smallest absolute Gasteiger partial charge is 0.119 e. The molecule has 0 spiro atoms. The van der Waals surface area contributed by atoms with E-state index in [1.54, 1.807) is 0 Å². The molecule has 3 nitrogen and oxygen atoms in total. The van der Waals surface area contributed by atoms with Gasteiger partial charge >= 0.3 is 0 Å². The monoisotopic (exact) mass is 249 g/mol. The first-order valence-corrected chi connectivity index (χ1v) is 6.93. The van der Waals surface area contributed by atoms with Gasteiger partial charge in [0.15, 0.2) is 0 Å². The van der Waals surface area contributed by atoms with Crippen LogP contribution in [0.3, 0.4) is 0 Å². The van der Waals surface area contributed by atoms with Gasteiger partial charge in [0.05, 0.1) is 6.61 Å². The number of aryl methyl sites for hydroxylation is 1. The number of aliphatic hydroxyl groups excluding tert-OH is 1. The first-order chi connectivity index (χ1) is 8.81. The fourth-order valence-corrected chi connectivity index (χ4v) is 2.48. The second kappa shape index (κ2) is 6.76. The van der Waals surface area contributed by atoms with Crippen molar-refractivity contribution >= 4 is 0 Å². The highest BCUT2D eigenvalue weighted by Crippen LogP contribution is 2.30. The molecule has 1 aliphatic carbocycles. The summed E-state index contributed by atoms with van der Waals surface area (Å²) in [6.07, 6.45) is 6.27. The van der Waals surface area contributed by atoms with E-state index in [0.717, 1.165) is 37.9 Å². The van der Waals surface area contributed by atoms with Crippen LogP contribution in [-0.2, 0) is 6.42 Å². The Hall–Kier alpha value is -1.06. The molecule has 1 aromatic carbocycles. The quantitative estimate of drug-likeness (QED) is 0.762. The van der Waals surface area contributed by atoms with E-state index in [9.17, 15) is 0 Å². The summed E-state index contributed by atoms with van der Waals surface area (Å²) in [6.45, 7) is 0.988. The van der Waals surface area contributed by atoms with Gasteiger partial charge in [0.2, 0.25) is 0 Å². The van der Waals surface area contributed by atoms with Crippen LogP contribution in [-0.4, -0.2) is 18.3 Å². The normalized spacial score (nSPS) is 18.4. The van der Waals surface area contributed by atoms with Crippen LogP contribution in [0.15, 0.2) is 18.2 Å². The van der Waals surface area contributed by atoms with Crippen molar-refractivity contribution in [2.45, 2.75) is 44.6 Å². The van der Waals surface area contributed by atoms with Gasteiger partial charge in [-0.05, 0) is 61.8 Å². The van der Waals surface area contributed by atoms with E-state index in [4.69, 9.17) is 15.6 Å². The molecule has 1 aliphatic rings. The van der Waals surface area contributed by atoms with E-state index in [2.05, 4.69) is 12.1 Å². The second-order valence-corrected chi connectivity index (χ2v) is 4.99. The van der Waals surface area contributed by atoms with Gasteiger partial charge < -0.3 is 15.6 Å². The number of nitrogens with two attached hydrogens (primary N) is 1. The third-order valence-corrected chi connectivity index (χ3v) is 3.55. The molecule has 2 rings (SSSR count). The Morgan fingerprint density at radius 1 is 1.28 bits per heavy atom. The van der Waals surface area contributed by atoms with E-state index in [-0.39, 0.29) is 12.6 Å². The maximum absolute atomic E-state index is 8.69. The van der Waals surface area contributed by atoms with Crippen molar-refractivity contribution in [1.29, 1.82) is 0 Å². The van der Waals surface area contributed by atoms with Crippen LogP contribution in [0.1, 0.15) is 49.3 Å². The number of rotatable bonds is 6. The maximum Gasteiger partial charge on any atom is 0.119 e. The summed E-state index contributed by atoms with van der Waals surface area (Å²) in [5.41, 5.74) is 8.76. The highest BCUT2D eigenvalue weighted by Gasteiger charge is 2.17. The summed E-state index contributed by atoms with van der Waals surface area (Å²) >= 11 is 0. The molecule has 0 aliphatic heterocycles. The molecule has 100 valence electrons. The summed E-state index contributed by atoms with van der Waals surface area (Å²) in [4.78, 5) is 0. The Kier molecular flexibility index (Phi) is 5.02. The third kappa shape index (κ3) is 3.47. The molecule has 0 saturated heterocycles. The van der Waals surface area contributed by atoms with Gasteiger partial charge in [-0.25, -0.2) is 0 Å². The molecule has 0 radical (unpaired) electrons. The predicted molar refractivity (Wildman–Crippen MR) is 72.7 cm³/mol. The Balaban J connectivity index is 1.88. The van der Waals surface area contributed by atoms with Crippen molar-refractivity contribution in [3.05, 3.63) is 29.3 Å². The van der Waals surface area contributed by atoms with Crippen molar-refractivity contribution in [1.82, 2.24) is 0 Å². The van der Waals surface area contributed by atoms with Crippen LogP contribution in [0, 0.1) is 0 Å². The van der Waals surface area contributed by atoms with Gasteiger partial charge in [-0.1, -0.05) is 6.07 Å². The van der Waals surface area contributed by atoms with Crippen LogP contribution in [0.4, 0.5) is 0 Å². The molecule has 0 amide bonds. The van der Waals surface area contributed by atoms with Crippen LogP contribution in [0.2, 0.25) is 0 Å². The first kappa shape index (κ1) is 13.4. The lowest BCUT2D eigenvalue weighted by atomic mass is 9.88. The second-order valence-electron chi connectivity index (χ2n) is 4.99. The van der Waals surface area contributed by atoms with E-state index < -0.39 is 0 Å². The van der Waals surface area contributed by atoms with E-state index in [0.29, 0.717) is 6.61 Å². The summed E-state index contributed by atoms with van der Waals surface area (Å²) < 4.78 is 5.73. The lowest BCUT2D eigenvalue weighted by molar-refractivity contribution is 0.266. The molecule has 0 fully saturated rings. The van der Waals surface area contributed by atoms with Gasteiger partial charge in [0.1, 0.15) is 5.75 Å². The van der Waals surface area contributed by atoms with E-state index in [1.807, 2.05) is 6.07 Å². The average molecular weight is 249 g/mol. The minimum atomic E-state index is 0.173. The number of benzene rings is 1. The number of hydrogen-bond acceptors (Lipinski definition) is 3. The summed E-state index contributed by atoms with van der Waals surface area (Å²) in [5.74, 6) is 0.926. The molecule has 0 bridgehead atoms. The van der Waals surface area contributed by atoms with Crippen LogP contribution in [0.5, 0.6) is 5.75 Å². The molecule has 3 heteroatoms. The summed E-state index contributed by atoms with van der Waals surface area (Å²) in [6, 6.07) is 6.47. The Bertz CT molecular complexity index is 379. The lowest BCUT2D eigenvalue weighted by Crippen LogP contribution is -2.17. The zero-order valence-corrected chi connectivity index (χ0v) is 10.9. The average Bonchev–Trinajstić information content (AvgIpc) is 2.39. The molecule has 18 heavy (non-hydrogen) atoms. The maximum atomic E-state index is 8.69. The minimum Gasteiger partial charge on any atom is -0.494 e. The molecule has 0 unspecified atom stereocenters. The number of fused-ring (bicyclic) bond motifs is 1. The van der Waals surface area contributed by atoms with Gasteiger partial charge in [-0.15, -0.1) is 0 Å². The fraction of sp³-hybridized carbons (Fsp3) is 0.600. The lowest BCUT2D eigenvalue weighted by Gasteiger charge is -2.22. The van der Waals surface area contributed by atoms with Gasteiger partial charge in [-0.3, -0.25) is 0 Å². The van der Waals surface area contributed by atoms with Crippen molar-refractivity contribution in [3.8, 4) is 5.75 Å². The number of ether oxygens (including phenoxy) is 1. The Morgan fingerprint density at radius 2 is 2.17 bits per heavy atom. The van der Waals surface area contributed by atoms with Crippen molar-refractivity contribution in [2.24, 2.45) is 5.73 Å². The first-order valence-electron chi connectivity index (χ1n) is 6.93. The molecule has 3 N–H and O–H groups in total. The van der Waals surface area contributed by atoms with E-state index >= 15 is 0 Å². The minimum absolute atomic E-state index is 0.173. The highest BCUT2D eigenvalue weighted by atomic mass is 16.5. The molecule has 0 aromatic heterocycles. The summed E-state index contributed by atoms with van der Waals surface area (Å²) in [5, 5.41) is 8.69. The van der Waals surface area contributed by atoms with Crippen LogP contribution < -0.4 is 10.5 Å². The predicted octanol–water partition coefficient (Wildman–Crippen LogP) is 2.56. The summed E-state index contributed by atoms with van der Waals surface area (Å²) in [7, 11) is 0. The highest BCUT2D eigenvalue weighted by molar-refractivity contribution is 5.39. The SMILES string of the molecule is N[C@@H]1CCCc2ccc(OCCCCCO)cc21. The van der Waals surface area contributed by atoms with Gasteiger partial charge in [0, 0.05) is 12.6 Å². The van der Waals surface area contributed by atoms with Crippen molar-refractivity contribution in [2.75, 3.05) is 13.2 Å². The molecule has 1 atom stereocenters. The van der Waals surface area contributed by atoms with Crippen LogP contribution >= 0.6 is 0 Å². The van der Waals surface area contributed by atoms with Crippen molar-refractivity contribution < 1.29 is 9.84 Å². The van der Waals surface area contributed by atoms with Crippen molar-refractivity contribution in [3.63, 3.8) is 0 Å². The zero-order valence-electron chi connectivity index (χ0n) is 10.9. The standard InChI is InChI=1S/C15H23NO2/c16-15-6-4-5-12-7-8-13(11-14(12)15)18-10-3-1-2-9-17/h7-8,11,15,17H,1-6,9-10,16H2/t15-/m1/s1. The number of unbranched alkanes of at least 4 members (excludes halogenated alkanes) is 2. The fourth-order valence-electron chi connectivity index (χ4n) is 2.48. The zero-order chi connectivity index (χ0) is 12.8. The third-order valence-electron chi connectivity index (χ3n) is 3.55. The Labute approximate surface area is 109 Å². The topological polar surface area (TPSA) is 55.5 Å². The molecular weight excluding hydrogens is 226 g/mol.